The van der Waals surface area contributed by atoms with E-state index in [1.807, 2.05) is 99.6 Å². The highest BCUT2D eigenvalue weighted by Crippen LogP contribution is 2.43. The molecule has 34 nitrogen and oxygen atoms in total. The molecule has 1 aromatic carbocycles. The molecule has 2 saturated carbocycles. The molecule has 3 atom stereocenters. The van der Waals surface area contributed by atoms with Crippen molar-refractivity contribution in [2.45, 2.75) is 114 Å². The number of nitrogens with two attached hydrogens (primary N) is 2. The van der Waals surface area contributed by atoms with Gasteiger partial charge in [-0.25, -0.2) is 76.6 Å². The number of nitrogens with zero attached hydrogens (tertiary/aromatic N) is 13. The molecule has 12 aromatic heterocycles. The van der Waals surface area contributed by atoms with Crippen LogP contribution in [0.2, 0.25) is 20.1 Å². The molecule has 17 rings (SSSR count). The van der Waals surface area contributed by atoms with E-state index in [1.54, 1.807) is 35.7 Å². The number of carbonyl (C=O) groups excluding carboxylic acids is 2. The number of amides is 2. The molecule has 0 radical (unpaired) electrons. The van der Waals surface area contributed by atoms with Gasteiger partial charge in [-0.2, -0.15) is 20.4 Å². The van der Waals surface area contributed by atoms with Crippen LogP contribution in [0.4, 0.5) is 56.1 Å². The molecule has 4 fully saturated rings. The van der Waals surface area contributed by atoms with Crippen molar-refractivity contribution in [2.75, 3.05) is 53.7 Å². The number of halogens is 4. The van der Waals surface area contributed by atoms with Gasteiger partial charge in [-0.1, -0.05) is 76.7 Å². The van der Waals surface area contributed by atoms with Gasteiger partial charge in [0.1, 0.15) is 40.7 Å². The molecule has 2 saturated heterocycles. The topological polar surface area (TPSA) is 483 Å². The number of primary sulfonamides is 2. The fraction of sp³-hybridized carbons (Fsp3) is 0.288. The zero-order valence-corrected chi connectivity index (χ0v) is 71.7. The van der Waals surface area contributed by atoms with Gasteiger partial charge in [0.15, 0.2) is 69.8 Å². The molecule has 2 aliphatic carbocycles. The number of alkyl carbamates (subject to hydrolysis) is 1. The minimum absolute atomic E-state index is 0. The van der Waals surface area contributed by atoms with Crippen LogP contribution in [-0.2, 0) is 53.5 Å². The number of benzene rings is 1. The standard InChI is InChI=1S/C23H22ClN7O4S2.C20H23ClN6O2S.C15H16ClN7O2S2.C15H14ClN5OS2.7H2/c24-16-11-26-22(18-6-7-20(36-18)37(25,33)34)28-21(16)27-19-10-17(29-30-19)15-8-9-31(12-15)23(32)35-13-14-4-2-1-3-5-14;1-20(2,3)29-19(28)23-9-12-6-7-15(30-12)18-22-10-13(21)17(25-18)24-16-8-14(26-27-16)11-4-5-11;16-9-7-19-15(11-1-2-13(26-11)27(17,24)25)21-14(9)20-12-5-10(22-23-12)8-3-4-18-6-8;1-24(22)13-5-4-11(23-13)15-17-7-9(16)14(19-15)18-12-6-10(20-21-12)8-2-3-8;;;;;;;/h1-7,10-11,15H,8-9,12-13H2,(H2,25,33,34)(H2,26,27,28,29,30);6-8,10-11H,4-5,9H2,1-3H3,(H,23,28)(H2,22,24,25,26,27);1-2,5,7-8,18H,3-4,6H2,(H2,17,24,25)(H2,19,20,21,22,23);4-8H,2-3H2,1H3,(H2,17,18,19,20,21);7*1H. The van der Waals surface area contributed by atoms with Crippen LogP contribution in [0.25, 0.3) is 42.8 Å². The van der Waals surface area contributed by atoms with Crippen molar-refractivity contribution in [1.82, 2.24) is 96.2 Å². The molecule has 118 heavy (non-hydrogen) atoms. The van der Waals surface area contributed by atoms with Crippen LogP contribution >= 0.6 is 91.8 Å². The largest absolute Gasteiger partial charge is 0.445 e. The summed E-state index contributed by atoms with van der Waals surface area (Å²) in [5.41, 5.74) is 4.58. The highest BCUT2D eigenvalue weighted by Gasteiger charge is 2.32. The lowest BCUT2D eigenvalue weighted by atomic mass is 10.1. The zero-order chi connectivity index (χ0) is 83.0. The number of rotatable bonds is 23. The van der Waals surface area contributed by atoms with E-state index in [9.17, 15) is 30.6 Å². The Morgan fingerprint density at radius 3 is 1.36 bits per heavy atom. The van der Waals surface area contributed by atoms with Gasteiger partial charge in [0.05, 0.1) is 65.8 Å². The first-order valence-electron chi connectivity index (χ1n) is 36.3. The van der Waals surface area contributed by atoms with Crippen LogP contribution in [0.15, 0.2) is 141 Å². The van der Waals surface area contributed by atoms with Crippen molar-refractivity contribution >= 4 is 181 Å². The molecular formula is C73H89Cl4N25O9S7. The van der Waals surface area contributed by atoms with E-state index in [2.05, 4.69) is 113 Å². The zero-order valence-electron chi connectivity index (χ0n) is 62.9. The van der Waals surface area contributed by atoms with E-state index in [4.69, 9.17) is 66.2 Å². The lowest BCUT2D eigenvalue weighted by molar-refractivity contribution is 0.0523. The second-order valence-corrected chi connectivity index (χ2v) is 39.4. The van der Waals surface area contributed by atoms with Crippen LogP contribution in [0.1, 0.15) is 126 Å². The number of ether oxygens (including phenoxy) is 2. The highest BCUT2D eigenvalue weighted by atomic mass is 35.5. The summed E-state index contributed by atoms with van der Waals surface area (Å²) >= 11 is 29.8. The van der Waals surface area contributed by atoms with Gasteiger partial charge in [-0.15, -0.1) is 45.3 Å². The van der Waals surface area contributed by atoms with Gasteiger partial charge < -0.3 is 46.3 Å². The summed E-state index contributed by atoms with van der Waals surface area (Å²) < 4.78 is 69.1. The van der Waals surface area contributed by atoms with Crippen molar-refractivity contribution in [1.29, 1.82) is 0 Å². The summed E-state index contributed by atoms with van der Waals surface area (Å²) in [7, 11) is -8.59. The van der Waals surface area contributed by atoms with Crippen molar-refractivity contribution < 1.29 is 50.1 Å². The lowest BCUT2D eigenvalue weighted by Gasteiger charge is -2.19. The number of sulfonamides is 2. The van der Waals surface area contributed by atoms with Crippen LogP contribution in [0.5, 0.6) is 0 Å². The molecule has 2 amide bonds. The molecule has 14 heterocycles. The first-order chi connectivity index (χ1) is 56.5. The third-order valence-electron chi connectivity index (χ3n) is 17.9. The molecule has 3 unspecified atom stereocenters. The molecular weight excluding hydrogens is 1740 g/mol. The van der Waals surface area contributed by atoms with E-state index in [0.717, 1.165) is 95.8 Å². The van der Waals surface area contributed by atoms with E-state index in [0.29, 0.717) is 132 Å². The van der Waals surface area contributed by atoms with Gasteiger partial charge in [-0.05, 0) is 120 Å². The SMILES string of the molecule is CC(C)(C)OC(=O)NCc1ccc(-c2ncc(Cl)c(Nc3cc(C4CC4)[nH]n3)n2)s1.CS(=O)c1ccc(-c2ncc(Cl)c(Nc3cc(C4CC4)[nH]n3)n2)s1.NS(=O)(=O)c1ccc(-c2ncc(Cl)c(Nc3cc(C4CCN(C(=O)OCc5ccccc5)C4)[nH]n3)n2)s1.NS(=O)(=O)c1ccc(-c2ncc(Cl)c(Nc3cc(C4CCNC4)[nH]n3)n2)s1.[HH].[HH].[HH].[HH].[HH].[HH].[HH]. The normalized spacial score (nSPS) is 15.5. The third kappa shape index (κ3) is 22.7. The fourth-order valence-corrected chi connectivity index (χ4v) is 18.2. The first kappa shape index (κ1) is 84.5. The van der Waals surface area contributed by atoms with Gasteiger partial charge in [0.25, 0.3) is 0 Å². The lowest BCUT2D eigenvalue weighted by Crippen LogP contribution is -2.31. The number of likely N-dealkylation sites (tertiary alicyclic amines) is 1. The van der Waals surface area contributed by atoms with Crippen LogP contribution in [0, 0.1) is 0 Å². The number of aromatic nitrogens is 16. The van der Waals surface area contributed by atoms with Crippen LogP contribution < -0.4 is 42.2 Å². The summed E-state index contributed by atoms with van der Waals surface area (Å²) in [6, 6.07) is 30.9. The maximum atomic E-state index is 12.5. The van der Waals surface area contributed by atoms with Gasteiger partial charge >= 0.3 is 12.2 Å². The quantitative estimate of drug-likeness (QED) is 0.0283. The summed E-state index contributed by atoms with van der Waals surface area (Å²) in [6.45, 7) is 9.10. The first-order valence-corrected chi connectivity index (χ1v) is 45.8. The summed E-state index contributed by atoms with van der Waals surface area (Å²) in [5.74, 6) is 7.55. The fourth-order valence-electron chi connectivity index (χ4n) is 11.8. The Kier molecular flexibility index (Phi) is 26.6. The number of nitrogens with one attached hydrogen (secondary N) is 10. The van der Waals surface area contributed by atoms with E-state index >= 15 is 0 Å². The second-order valence-electron chi connectivity index (χ2n) is 28.1. The van der Waals surface area contributed by atoms with Gasteiger partial charge in [0.2, 0.25) is 20.0 Å². The Hall–Kier alpha value is -9.99. The van der Waals surface area contributed by atoms with Crippen LogP contribution in [-0.4, -0.2) is 157 Å². The molecule has 630 valence electrons. The number of aromatic amines is 4. The van der Waals surface area contributed by atoms with Gasteiger partial charge in [-0.3, -0.25) is 24.6 Å². The monoisotopic (exact) mass is 1820 g/mol. The van der Waals surface area contributed by atoms with Crippen molar-refractivity contribution in [2.24, 2.45) is 10.3 Å². The van der Waals surface area contributed by atoms with Crippen molar-refractivity contribution in [3.8, 4) is 42.8 Å². The molecule has 13 aromatic rings. The number of H-pyrrole nitrogens is 4. The van der Waals surface area contributed by atoms with Crippen molar-refractivity contribution in [3.63, 3.8) is 0 Å². The molecule has 0 bridgehead atoms. The van der Waals surface area contributed by atoms with E-state index in [-0.39, 0.29) is 42.0 Å². The molecule has 2 aliphatic heterocycles. The second kappa shape index (κ2) is 37.1. The average molecular weight is 1830 g/mol. The van der Waals surface area contributed by atoms with Crippen molar-refractivity contribution in [3.05, 3.63) is 181 Å². The predicted octanol–water partition coefficient (Wildman–Crippen LogP) is 17.0. The number of carbonyl (C=O) groups is 2. The maximum Gasteiger partial charge on any atom is 0.410 e. The predicted molar refractivity (Wildman–Crippen MR) is 472 cm³/mol. The Bertz CT molecular complexity index is 6040. The average Bonchev–Trinajstić information content (AvgIpc) is 1.66. The minimum atomic E-state index is -3.81. The number of thiophene rings is 4. The Morgan fingerprint density at radius 2 is 0.966 bits per heavy atom. The third-order valence-corrected chi connectivity index (χ3v) is 27.7. The van der Waals surface area contributed by atoms with E-state index in [1.165, 1.54) is 72.9 Å². The number of anilines is 8. The minimum Gasteiger partial charge on any atom is -0.445 e. The Balaban J connectivity index is 0.000000227. The maximum absolute atomic E-state index is 12.5. The van der Waals surface area contributed by atoms with Gasteiger partial charge in [0, 0.05) is 111 Å². The molecule has 4 aliphatic rings. The number of hydrogen-bond donors (Lipinski definition) is 12. The summed E-state index contributed by atoms with van der Waals surface area (Å²) in [5, 5.41) is 59.5. The molecule has 0 spiro atoms. The van der Waals surface area contributed by atoms with E-state index < -0.39 is 42.5 Å². The molecule has 45 heteroatoms. The Morgan fingerprint density at radius 1 is 0.551 bits per heavy atom. The highest BCUT2D eigenvalue weighted by molar-refractivity contribution is 7.91. The summed E-state index contributed by atoms with van der Waals surface area (Å²) in [6.07, 6.45) is 13.5. The smallest absolute Gasteiger partial charge is 0.410 e. The number of hydrogen-bond acceptors (Lipinski definition) is 30. The summed E-state index contributed by atoms with van der Waals surface area (Å²) in [4.78, 5) is 64.6. The Labute approximate surface area is 724 Å². The molecule has 14 N–H and O–H groups in total. The van der Waals surface area contributed by atoms with Crippen LogP contribution in [0.3, 0.4) is 0 Å².